The molecule has 0 fully saturated rings. The third-order valence-electron chi connectivity index (χ3n) is 1.97. The molecule has 2 heterocycles. The number of aromatic amines is 1. The fourth-order valence-corrected chi connectivity index (χ4v) is 1.59. The molecule has 0 spiro atoms. The molecule has 0 bridgehead atoms. The summed E-state index contributed by atoms with van der Waals surface area (Å²) in [6.45, 7) is 0. The maximum absolute atomic E-state index is 10.6. The zero-order valence-electron chi connectivity index (χ0n) is 7.12. The van der Waals surface area contributed by atoms with Gasteiger partial charge in [0.1, 0.15) is 5.65 Å². The first-order chi connectivity index (χ1) is 6.68. The van der Waals surface area contributed by atoms with Crippen LogP contribution < -0.4 is 0 Å². The van der Waals surface area contributed by atoms with Crippen molar-refractivity contribution in [1.82, 2.24) is 9.97 Å². The highest BCUT2D eigenvalue weighted by Gasteiger charge is 2.11. The SMILES string of the molecule is O=C(O)Cc1c(Cl)cnc2[nH]ccc12. The van der Waals surface area contributed by atoms with Crippen LogP contribution in [0.3, 0.4) is 0 Å². The van der Waals surface area contributed by atoms with Gasteiger partial charge in [0.05, 0.1) is 11.4 Å². The Hall–Kier alpha value is -1.55. The first kappa shape index (κ1) is 9.02. The standard InChI is InChI=1S/C9H7ClN2O2/c10-7-4-12-9-5(1-2-11-9)6(7)3-8(13)14/h1-2,4H,3H2,(H,11,12)(H,13,14). The van der Waals surface area contributed by atoms with E-state index in [0.717, 1.165) is 5.39 Å². The number of rotatable bonds is 2. The van der Waals surface area contributed by atoms with E-state index >= 15 is 0 Å². The van der Waals surface area contributed by atoms with Crippen LogP contribution in [0.15, 0.2) is 18.5 Å². The minimum Gasteiger partial charge on any atom is -0.481 e. The molecule has 0 amide bonds. The van der Waals surface area contributed by atoms with Gasteiger partial charge in [-0.05, 0) is 11.6 Å². The van der Waals surface area contributed by atoms with E-state index in [1.165, 1.54) is 6.20 Å². The number of hydrogen-bond donors (Lipinski definition) is 2. The van der Waals surface area contributed by atoms with Crippen LogP contribution >= 0.6 is 11.6 Å². The van der Waals surface area contributed by atoms with Crippen LogP contribution in [0.4, 0.5) is 0 Å². The van der Waals surface area contributed by atoms with Crippen molar-refractivity contribution in [2.75, 3.05) is 0 Å². The number of aromatic nitrogens is 2. The summed E-state index contributed by atoms with van der Waals surface area (Å²) in [6, 6.07) is 1.77. The number of carboxylic acid groups (broad SMARTS) is 1. The molecular weight excluding hydrogens is 204 g/mol. The lowest BCUT2D eigenvalue weighted by Gasteiger charge is -2.01. The lowest BCUT2D eigenvalue weighted by atomic mass is 10.1. The average Bonchev–Trinajstić information content (AvgIpc) is 2.57. The summed E-state index contributed by atoms with van der Waals surface area (Å²) in [4.78, 5) is 17.5. The van der Waals surface area contributed by atoms with Gasteiger partial charge in [0.2, 0.25) is 0 Å². The molecule has 72 valence electrons. The number of fused-ring (bicyclic) bond motifs is 1. The predicted molar refractivity (Wildman–Crippen MR) is 52.4 cm³/mol. The van der Waals surface area contributed by atoms with Crippen molar-refractivity contribution in [2.24, 2.45) is 0 Å². The van der Waals surface area contributed by atoms with Gasteiger partial charge in [0, 0.05) is 17.8 Å². The Labute approximate surface area is 84.5 Å². The monoisotopic (exact) mass is 210 g/mol. The van der Waals surface area contributed by atoms with Crippen LogP contribution in [0, 0.1) is 0 Å². The number of hydrogen-bond acceptors (Lipinski definition) is 2. The summed E-state index contributed by atoms with van der Waals surface area (Å²) >= 11 is 5.86. The molecule has 4 nitrogen and oxygen atoms in total. The van der Waals surface area contributed by atoms with Crippen LogP contribution in [0.5, 0.6) is 0 Å². The maximum Gasteiger partial charge on any atom is 0.307 e. The van der Waals surface area contributed by atoms with Crippen LogP contribution in [0.25, 0.3) is 11.0 Å². The lowest BCUT2D eigenvalue weighted by Crippen LogP contribution is -2.01. The van der Waals surface area contributed by atoms with Crippen LogP contribution in [-0.4, -0.2) is 21.0 Å². The number of carbonyl (C=O) groups is 1. The third-order valence-corrected chi connectivity index (χ3v) is 2.30. The number of carboxylic acids is 1. The van der Waals surface area contributed by atoms with E-state index in [9.17, 15) is 4.79 Å². The van der Waals surface area contributed by atoms with Gasteiger partial charge in [-0.3, -0.25) is 4.79 Å². The topological polar surface area (TPSA) is 66.0 Å². The molecule has 2 aromatic heterocycles. The van der Waals surface area contributed by atoms with Gasteiger partial charge in [-0.25, -0.2) is 4.98 Å². The molecule has 0 saturated heterocycles. The van der Waals surface area contributed by atoms with Gasteiger partial charge in [0.15, 0.2) is 0 Å². The first-order valence-electron chi connectivity index (χ1n) is 4.00. The van der Waals surface area contributed by atoms with E-state index in [-0.39, 0.29) is 6.42 Å². The molecule has 0 aliphatic rings. The van der Waals surface area contributed by atoms with Crippen molar-refractivity contribution in [3.63, 3.8) is 0 Å². The Kier molecular flexibility index (Phi) is 2.13. The van der Waals surface area contributed by atoms with E-state index in [4.69, 9.17) is 16.7 Å². The quantitative estimate of drug-likeness (QED) is 0.795. The van der Waals surface area contributed by atoms with Crippen molar-refractivity contribution < 1.29 is 9.90 Å². The molecule has 0 atom stereocenters. The molecule has 0 radical (unpaired) electrons. The summed E-state index contributed by atoms with van der Waals surface area (Å²) in [5.74, 6) is -0.902. The summed E-state index contributed by atoms with van der Waals surface area (Å²) in [6.07, 6.45) is 3.08. The molecule has 0 aromatic carbocycles. The summed E-state index contributed by atoms with van der Waals surface area (Å²) in [5.41, 5.74) is 1.26. The third kappa shape index (κ3) is 1.44. The fourth-order valence-electron chi connectivity index (χ4n) is 1.37. The van der Waals surface area contributed by atoms with Crippen molar-refractivity contribution in [2.45, 2.75) is 6.42 Å². The van der Waals surface area contributed by atoms with E-state index in [1.54, 1.807) is 12.3 Å². The molecule has 0 saturated carbocycles. The van der Waals surface area contributed by atoms with Gasteiger partial charge in [-0.1, -0.05) is 11.6 Å². The normalized spacial score (nSPS) is 10.6. The Morgan fingerprint density at radius 3 is 3.14 bits per heavy atom. The highest BCUT2D eigenvalue weighted by molar-refractivity contribution is 6.32. The fraction of sp³-hybridized carbons (Fsp3) is 0.111. The van der Waals surface area contributed by atoms with Crippen LogP contribution in [-0.2, 0) is 11.2 Å². The highest BCUT2D eigenvalue weighted by Crippen LogP contribution is 2.23. The van der Waals surface area contributed by atoms with Crippen molar-refractivity contribution in [1.29, 1.82) is 0 Å². The van der Waals surface area contributed by atoms with Gasteiger partial charge >= 0.3 is 5.97 Å². The molecule has 0 aliphatic heterocycles. The van der Waals surface area contributed by atoms with Gasteiger partial charge < -0.3 is 10.1 Å². The molecule has 0 unspecified atom stereocenters. The maximum atomic E-state index is 10.6. The Balaban J connectivity index is 2.64. The van der Waals surface area contributed by atoms with Crippen LogP contribution in [0.2, 0.25) is 5.02 Å². The van der Waals surface area contributed by atoms with Crippen molar-refractivity contribution in [3.8, 4) is 0 Å². The van der Waals surface area contributed by atoms with Crippen LogP contribution in [0.1, 0.15) is 5.56 Å². The molecule has 2 N–H and O–H groups in total. The lowest BCUT2D eigenvalue weighted by molar-refractivity contribution is -0.136. The van der Waals surface area contributed by atoms with E-state index in [0.29, 0.717) is 16.2 Å². The second-order valence-electron chi connectivity index (χ2n) is 2.90. The second-order valence-corrected chi connectivity index (χ2v) is 3.30. The average molecular weight is 211 g/mol. The molecule has 5 heteroatoms. The summed E-state index contributed by atoms with van der Waals surface area (Å²) in [7, 11) is 0. The highest BCUT2D eigenvalue weighted by atomic mass is 35.5. The number of nitrogens with zero attached hydrogens (tertiary/aromatic N) is 1. The minimum absolute atomic E-state index is 0.0876. The zero-order valence-corrected chi connectivity index (χ0v) is 7.88. The summed E-state index contributed by atoms with van der Waals surface area (Å²) in [5, 5.41) is 9.85. The Morgan fingerprint density at radius 2 is 2.43 bits per heavy atom. The predicted octanol–water partition coefficient (Wildman–Crippen LogP) is 1.84. The molecule has 0 aliphatic carbocycles. The van der Waals surface area contributed by atoms with Gasteiger partial charge in [0.25, 0.3) is 0 Å². The van der Waals surface area contributed by atoms with Gasteiger partial charge in [-0.2, -0.15) is 0 Å². The summed E-state index contributed by atoms with van der Waals surface area (Å²) < 4.78 is 0. The first-order valence-corrected chi connectivity index (χ1v) is 4.38. The minimum atomic E-state index is -0.902. The largest absolute Gasteiger partial charge is 0.481 e. The van der Waals surface area contributed by atoms with Gasteiger partial charge in [-0.15, -0.1) is 0 Å². The molecule has 2 rings (SSSR count). The number of pyridine rings is 1. The zero-order chi connectivity index (χ0) is 10.1. The molecule has 14 heavy (non-hydrogen) atoms. The Morgan fingerprint density at radius 1 is 1.64 bits per heavy atom. The van der Waals surface area contributed by atoms with E-state index < -0.39 is 5.97 Å². The smallest absolute Gasteiger partial charge is 0.307 e. The van der Waals surface area contributed by atoms with E-state index in [2.05, 4.69) is 9.97 Å². The Bertz CT molecular complexity index is 493. The molecule has 2 aromatic rings. The molecular formula is C9H7ClN2O2. The number of aliphatic carboxylic acids is 1. The number of halogens is 1. The number of H-pyrrole nitrogens is 1. The van der Waals surface area contributed by atoms with E-state index in [1.807, 2.05) is 0 Å². The van der Waals surface area contributed by atoms with Crippen molar-refractivity contribution in [3.05, 3.63) is 29.0 Å². The number of nitrogens with one attached hydrogen (secondary N) is 1. The van der Waals surface area contributed by atoms with Crippen molar-refractivity contribution >= 4 is 28.6 Å². The second kappa shape index (κ2) is 3.31.